The van der Waals surface area contributed by atoms with Crippen molar-refractivity contribution >= 4 is 38.0 Å². The van der Waals surface area contributed by atoms with E-state index in [1.54, 1.807) is 24.3 Å². The third-order valence-electron chi connectivity index (χ3n) is 4.46. The third-order valence-corrected chi connectivity index (χ3v) is 6.41. The minimum atomic E-state index is -3.89. The fourth-order valence-corrected chi connectivity index (χ4v) is 4.40. The van der Waals surface area contributed by atoms with E-state index in [4.69, 9.17) is 11.6 Å². The summed E-state index contributed by atoms with van der Waals surface area (Å²) in [5.41, 5.74) is 1.73. The molecule has 8 heteroatoms. The number of rotatable bonds is 2. The Morgan fingerprint density at radius 3 is 2.33 bits per heavy atom. The molecule has 0 saturated heterocycles. The lowest BCUT2D eigenvalue weighted by atomic mass is 9.87. The lowest BCUT2D eigenvalue weighted by molar-refractivity contribution is 0.585. The van der Waals surface area contributed by atoms with Crippen molar-refractivity contribution in [3.8, 4) is 0 Å². The first kappa shape index (κ1) is 17.9. The maximum Gasteiger partial charge on any atom is 0.229 e. The van der Waals surface area contributed by atoms with Crippen LogP contribution in [-0.4, -0.2) is 28.2 Å². The van der Waals surface area contributed by atoms with Gasteiger partial charge in [0, 0.05) is 5.39 Å². The Hall–Kier alpha value is -2.51. The molecule has 0 bridgehead atoms. The Bertz CT molecular complexity index is 1270. The van der Waals surface area contributed by atoms with Gasteiger partial charge in [0.25, 0.3) is 0 Å². The van der Waals surface area contributed by atoms with E-state index >= 15 is 0 Å². The topological polar surface area (TPSA) is 77.2 Å². The molecular formula is C19H17ClN4O2S. The summed E-state index contributed by atoms with van der Waals surface area (Å²) in [5, 5.41) is 8.59. The number of sulfone groups is 1. The fourth-order valence-electron chi connectivity index (χ4n) is 2.93. The molecule has 4 aromatic rings. The number of para-hydroxylation sites is 1. The van der Waals surface area contributed by atoms with E-state index in [0.717, 1.165) is 5.56 Å². The van der Waals surface area contributed by atoms with Crippen LogP contribution in [0.4, 0.5) is 0 Å². The molecule has 0 fully saturated rings. The average molecular weight is 401 g/mol. The number of halogens is 1. The fraction of sp³-hybridized carbons (Fsp3) is 0.211. The largest absolute Gasteiger partial charge is 0.229 e. The van der Waals surface area contributed by atoms with Crippen molar-refractivity contribution in [1.82, 2.24) is 19.8 Å². The molecule has 0 unspecified atom stereocenters. The molecule has 0 aliphatic heterocycles. The minimum absolute atomic E-state index is 0.0705. The third kappa shape index (κ3) is 2.87. The second-order valence-corrected chi connectivity index (χ2v) is 9.55. The van der Waals surface area contributed by atoms with Crippen molar-refractivity contribution in [3.05, 3.63) is 59.2 Å². The maximum absolute atomic E-state index is 13.1. The summed E-state index contributed by atoms with van der Waals surface area (Å²) in [6.45, 7) is 6.21. The zero-order valence-corrected chi connectivity index (χ0v) is 16.6. The van der Waals surface area contributed by atoms with Gasteiger partial charge >= 0.3 is 0 Å². The molecule has 0 radical (unpaired) electrons. The van der Waals surface area contributed by atoms with Crippen molar-refractivity contribution in [3.63, 3.8) is 0 Å². The quantitative estimate of drug-likeness (QED) is 0.474. The van der Waals surface area contributed by atoms with Crippen molar-refractivity contribution in [1.29, 1.82) is 0 Å². The van der Waals surface area contributed by atoms with Crippen molar-refractivity contribution in [2.24, 2.45) is 0 Å². The predicted octanol–water partition coefficient (Wildman–Crippen LogP) is 4.06. The molecule has 27 heavy (non-hydrogen) atoms. The molecule has 2 heterocycles. The summed E-state index contributed by atoms with van der Waals surface area (Å²) in [5.74, 6) is 0. The van der Waals surface area contributed by atoms with E-state index in [1.807, 2.05) is 24.3 Å². The van der Waals surface area contributed by atoms with Crippen LogP contribution in [0.5, 0.6) is 0 Å². The Kier molecular flexibility index (Phi) is 3.98. The van der Waals surface area contributed by atoms with E-state index in [2.05, 4.69) is 36.1 Å². The van der Waals surface area contributed by atoms with Gasteiger partial charge in [-0.3, -0.25) is 0 Å². The minimum Gasteiger partial charge on any atom is -0.217 e. The summed E-state index contributed by atoms with van der Waals surface area (Å²) in [6.07, 6.45) is 0. The molecule has 0 N–H and O–H groups in total. The standard InChI is InChI=1S/C19H17ClN4O2S/c1-19(2,3)12-8-10-13(11-9-12)27(25,26)18-17-21-16(20)14-6-4-5-7-15(14)24(17)23-22-18/h4-11H,1-3H3. The van der Waals surface area contributed by atoms with Gasteiger partial charge in [-0.05, 0) is 35.2 Å². The van der Waals surface area contributed by atoms with Gasteiger partial charge in [-0.1, -0.05) is 61.9 Å². The molecule has 0 aliphatic carbocycles. The normalized spacial score (nSPS) is 12.7. The summed E-state index contributed by atoms with van der Waals surface area (Å²) >= 11 is 6.26. The summed E-state index contributed by atoms with van der Waals surface area (Å²) < 4.78 is 27.6. The summed E-state index contributed by atoms with van der Waals surface area (Å²) in [6, 6.07) is 14.0. The van der Waals surface area contributed by atoms with Crippen LogP contribution >= 0.6 is 11.6 Å². The zero-order valence-electron chi connectivity index (χ0n) is 15.0. The maximum atomic E-state index is 13.1. The van der Waals surface area contributed by atoms with Crippen LogP contribution in [0.15, 0.2) is 58.5 Å². The monoisotopic (exact) mass is 400 g/mol. The van der Waals surface area contributed by atoms with Crippen LogP contribution in [0.2, 0.25) is 5.15 Å². The molecule has 138 valence electrons. The van der Waals surface area contributed by atoms with Crippen molar-refractivity contribution < 1.29 is 8.42 Å². The van der Waals surface area contributed by atoms with Crippen molar-refractivity contribution in [2.75, 3.05) is 0 Å². The number of fused-ring (bicyclic) bond motifs is 3. The van der Waals surface area contributed by atoms with Gasteiger partial charge in [-0.2, -0.15) is 4.52 Å². The number of hydrogen-bond donors (Lipinski definition) is 0. The first-order chi connectivity index (χ1) is 12.7. The molecule has 4 rings (SSSR count). The van der Waals surface area contributed by atoms with Crippen LogP contribution in [0, 0.1) is 0 Å². The second-order valence-electron chi connectivity index (χ2n) is 7.33. The van der Waals surface area contributed by atoms with Crippen LogP contribution < -0.4 is 0 Å². The van der Waals surface area contributed by atoms with E-state index in [1.165, 1.54) is 4.52 Å². The van der Waals surface area contributed by atoms with Gasteiger partial charge in [-0.15, -0.1) is 5.10 Å². The molecule has 2 aromatic heterocycles. The lowest BCUT2D eigenvalue weighted by Gasteiger charge is -2.18. The predicted molar refractivity (Wildman–Crippen MR) is 104 cm³/mol. The highest BCUT2D eigenvalue weighted by Gasteiger charge is 2.27. The molecular weight excluding hydrogens is 384 g/mol. The van der Waals surface area contributed by atoms with E-state index in [9.17, 15) is 8.42 Å². The van der Waals surface area contributed by atoms with E-state index in [-0.39, 0.29) is 26.1 Å². The van der Waals surface area contributed by atoms with Gasteiger partial charge in [0.15, 0.2) is 5.65 Å². The Morgan fingerprint density at radius 2 is 1.67 bits per heavy atom. The number of hydrogen-bond acceptors (Lipinski definition) is 5. The average Bonchev–Trinajstić information content (AvgIpc) is 3.06. The van der Waals surface area contributed by atoms with Crippen LogP contribution in [-0.2, 0) is 15.3 Å². The molecule has 0 aliphatic rings. The van der Waals surface area contributed by atoms with Crippen LogP contribution in [0.25, 0.3) is 16.6 Å². The molecule has 0 spiro atoms. The highest BCUT2D eigenvalue weighted by Crippen LogP contribution is 2.29. The molecule has 0 amide bonds. The highest BCUT2D eigenvalue weighted by molar-refractivity contribution is 7.91. The molecule has 0 saturated carbocycles. The van der Waals surface area contributed by atoms with E-state index in [0.29, 0.717) is 10.9 Å². The number of benzene rings is 2. The first-order valence-corrected chi connectivity index (χ1v) is 10.2. The van der Waals surface area contributed by atoms with Crippen molar-refractivity contribution in [2.45, 2.75) is 36.1 Å². The summed E-state index contributed by atoms with van der Waals surface area (Å²) in [4.78, 5) is 4.38. The van der Waals surface area contributed by atoms with Gasteiger partial charge in [0.1, 0.15) is 5.15 Å². The smallest absolute Gasteiger partial charge is 0.217 e. The molecule has 0 atom stereocenters. The van der Waals surface area contributed by atoms with Gasteiger partial charge in [0.2, 0.25) is 14.9 Å². The Labute approximate surface area is 161 Å². The number of aromatic nitrogens is 4. The number of nitrogens with zero attached hydrogens (tertiary/aromatic N) is 4. The van der Waals surface area contributed by atoms with Gasteiger partial charge < -0.3 is 0 Å². The Balaban J connectivity index is 1.91. The highest BCUT2D eigenvalue weighted by atomic mass is 35.5. The van der Waals surface area contributed by atoms with Crippen LogP contribution in [0.1, 0.15) is 26.3 Å². The zero-order chi connectivity index (χ0) is 19.4. The van der Waals surface area contributed by atoms with E-state index < -0.39 is 9.84 Å². The summed E-state index contributed by atoms with van der Waals surface area (Å²) in [7, 11) is -3.89. The second kappa shape index (κ2) is 6.00. The lowest BCUT2D eigenvalue weighted by Crippen LogP contribution is -2.11. The molecule has 6 nitrogen and oxygen atoms in total. The Morgan fingerprint density at radius 1 is 1.00 bits per heavy atom. The SMILES string of the molecule is CC(C)(C)c1ccc(S(=O)(=O)c2nnn3c2nc(Cl)c2ccccc23)cc1. The van der Waals surface area contributed by atoms with Crippen LogP contribution in [0.3, 0.4) is 0 Å². The van der Waals surface area contributed by atoms with Gasteiger partial charge in [0.05, 0.1) is 10.4 Å². The first-order valence-electron chi connectivity index (χ1n) is 8.35. The molecule has 2 aromatic carbocycles. The van der Waals surface area contributed by atoms with Gasteiger partial charge in [-0.25, -0.2) is 13.4 Å².